The predicted molar refractivity (Wildman–Crippen MR) is 311 cm³/mol. The van der Waals surface area contributed by atoms with E-state index in [-0.39, 0.29) is 50.2 Å². The number of carbonyl (C=O) groups excluding carboxylic acids is 3. The molecule has 3 aromatic rings. The van der Waals surface area contributed by atoms with Crippen LogP contribution in [0.5, 0.6) is 5.75 Å². The molecule has 1 saturated heterocycles. The molecule has 5 rings (SSSR count). The van der Waals surface area contributed by atoms with E-state index in [4.69, 9.17) is 53.1 Å². The zero-order chi connectivity index (χ0) is 60.9. The summed E-state index contributed by atoms with van der Waals surface area (Å²) in [5.74, 6) is -9.30. The molecule has 2 heterocycles. The van der Waals surface area contributed by atoms with Crippen LogP contribution in [0.4, 0.5) is 23.2 Å². The number of halogens is 4. The Morgan fingerprint density at radius 1 is 0.612 bits per heavy atom. The maximum atomic E-state index is 13.6. The number of carbonyl (C=O) groups is 3. The molecule has 2 aliphatic heterocycles. The number of rotatable bonds is 45. The SMILES string of the molecule is CCCN(CCC)C(=O)C1=Cc2ccc(C(=O)NC3CCN(Cc4ccc(CN(C)CCOCCOCCOCCOCCOCCOCCOCCOCCOCCOCCC(=O)Oc5c(F)c(F)cc(F)c5F)cc4)CC3)cc2N=C(N)C1. The van der Waals surface area contributed by atoms with E-state index in [9.17, 15) is 31.9 Å². The fourth-order valence-corrected chi connectivity index (χ4v) is 8.89. The first-order valence-electron chi connectivity index (χ1n) is 29.4. The summed E-state index contributed by atoms with van der Waals surface area (Å²) in [6.07, 6.45) is 5.23. The van der Waals surface area contributed by atoms with Crippen molar-refractivity contribution in [2.45, 2.75) is 71.5 Å². The van der Waals surface area contributed by atoms with Gasteiger partial charge in [-0.05, 0) is 62.1 Å². The summed E-state index contributed by atoms with van der Waals surface area (Å²) in [5, 5.41) is 3.23. The number of hydrogen-bond donors (Lipinski definition) is 2. The van der Waals surface area contributed by atoms with Crippen LogP contribution in [0, 0.1) is 23.3 Å². The average Bonchev–Trinajstić information content (AvgIpc) is 4.01. The van der Waals surface area contributed by atoms with Crippen molar-refractivity contribution in [2.24, 2.45) is 10.7 Å². The number of ether oxygens (including phenoxy) is 11. The summed E-state index contributed by atoms with van der Waals surface area (Å²) in [6, 6.07) is 14.3. The fraction of sp³-hybridized carbons (Fsp3) is 0.607. The molecule has 0 aromatic heterocycles. The highest BCUT2D eigenvalue weighted by Gasteiger charge is 2.25. The Hall–Kier alpha value is -5.48. The van der Waals surface area contributed by atoms with Crippen LogP contribution >= 0.6 is 0 Å². The molecule has 0 aliphatic carbocycles. The van der Waals surface area contributed by atoms with Crippen LogP contribution in [0.2, 0.25) is 0 Å². The van der Waals surface area contributed by atoms with Gasteiger partial charge < -0.3 is 68.1 Å². The van der Waals surface area contributed by atoms with E-state index in [1.165, 1.54) is 11.1 Å². The van der Waals surface area contributed by atoms with Gasteiger partial charge in [-0.15, -0.1) is 0 Å². The quantitative estimate of drug-likeness (QED) is 0.0199. The summed E-state index contributed by atoms with van der Waals surface area (Å²) in [7, 11) is 2.09. The lowest BCUT2D eigenvalue weighted by molar-refractivity contribution is -0.136. The van der Waals surface area contributed by atoms with E-state index in [1.807, 2.05) is 17.0 Å². The first-order valence-corrected chi connectivity index (χ1v) is 29.4. The fourth-order valence-electron chi connectivity index (χ4n) is 8.89. The minimum absolute atomic E-state index is 0.0140. The van der Waals surface area contributed by atoms with Gasteiger partial charge in [0.1, 0.15) is 5.84 Å². The Bertz CT molecular complexity index is 2460. The number of nitrogens with zero attached hydrogens (tertiary/aromatic N) is 4. The van der Waals surface area contributed by atoms with Crippen LogP contribution in [-0.4, -0.2) is 216 Å². The van der Waals surface area contributed by atoms with Crippen molar-refractivity contribution in [3.8, 4) is 5.75 Å². The third-order valence-corrected chi connectivity index (χ3v) is 13.3. The van der Waals surface area contributed by atoms with Gasteiger partial charge in [-0.1, -0.05) is 44.2 Å². The van der Waals surface area contributed by atoms with Crippen molar-refractivity contribution in [3.63, 3.8) is 0 Å². The molecule has 3 N–H and O–H groups in total. The van der Waals surface area contributed by atoms with Gasteiger partial charge in [-0.25, -0.2) is 13.8 Å². The number of nitrogens with one attached hydrogen (secondary N) is 1. The van der Waals surface area contributed by atoms with Crippen molar-refractivity contribution in [1.82, 2.24) is 20.0 Å². The minimum Gasteiger partial charge on any atom is -0.420 e. The molecule has 0 spiro atoms. The molecule has 0 unspecified atom stereocenters. The Balaban J connectivity index is 0.741. The van der Waals surface area contributed by atoms with Gasteiger partial charge in [0.2, 0.25) is 23.3 Å². The normalized spacial score (nSPS) is 13.8. The Morgan fingerprint density at radius 2 is 1.07 bits per heavy atom. The first-order chi connectivity index (χ1) is 41.3. The van der Waals surface area contributed by atoms with E-state index < -0.39 is 41.4 Å². The summed E-state index contributed by atoms with van der Waals surface area (Å²) >= 11 is 0. The Kier molecular flexibility index (Phi) is 34.4. The number of likely N-dealkylation sites (N-methyl/N-ethyl adjacent to an activating group) is 1. The van der Waals surface area contributed by atoms with Crippen LogP contribution in [0.1, 0.15) is 79.4 Å². The maximum Gasteiger partial charge on any atom is 0.313 e. The Labute approximate surface area is 497 Å². The number of fused-ring (bicyclic) bond motifs is 1. The number of hydrogen-bond acceptors (Lipinski definition) is 18. The molecule has 2 aliphatic rings. The molecule has 3 aromatic carbocycles. The van der Waals surface area contributed by atoms with Crippen LogP contribution in [0.3, 0.4) is 0 Å². The van der Waals surface area contributed by atoms with Crippen molar-refractivity contribution >= 4 is 35.4 Å². The Morgan fingerprint density at radius 3 is 1.55 bits per heavy atom. The van der Waals surface area contributed by atoms with E-state index in [2.05, 4.69) is 70.0 Å². The van der Waals surface area contributed by atoms with Crippen LogP contribution in [0.25, 0.3) is 6.08 Å². The topological polar surface area (TPSA) is 213 Å². The summed E-state index contributed by atoms with van der Waals surface area (Å²) < 4.78 is 113. The van der Waals surface area contributed by atoms with Gasteiger partial charge in [0.05, 0.1) is 144 Å². The molecule has 474 valence electrons. The largest absolute Gasteiger partial charge is 0.420 e. The van der Waals surface area contributed by atoms with Gasteiger partial charge in [-0.3, -0.25) is 24.2 Å². The number of esters is 1. The number of benzene rings is 3. The lowest BCUT2D eigenvalue weighted by Gasteiger charge is -2.32. The second kappa shape index (κ2) is 41.6. The first kappa shape index (κ1) is 70.3. The van der Waals surface area contributed by atoms with Gasteiger partial charge in [0, 0.05) is 81.0 Å². The van der Waals surface area contributed by atoms with Crippen molar-refractivity contribution in [3.05, 3.63) is 99.6 Å². The molecule has 20 nitrogen and oxygen atoms in total. The second-order valence-electron chi connectivity index (χ2n) is 20.2. The molecule has 2 amide bonds. The van der Waals surface area contributed by atoms with Crippen LogP contribution in [-0.2, 0) is 70.0 Å². The number of piperidine rings is 1. The number of nitrogens with two attached hydrogens (primary N) is 1. The average molecular weight is 1210 g/mol. The molecular formula is C61H88F4N6O14. The van der Waals surface area contributed by atoms with Gasteiger partial charge in [0.15, 0.2) is 11.6 Å². The van der Waals surface area contributed by atoms with Crippen molar-refractivity contribution in [1.29, 1.82) is 0 Å². The third kappa shape index (κ3) is 27.8. The molecule has 0 bridgehead atoms. The number of amidine groups is 1. The number of likely N-dealkylation sites (tertiary alicyclic amines) is 1. The molecule has 0 saturated carbocycles. The highest BCUT2D eigenvalue weighted by atomic mass is 19.2. The smallest absolute Gasteiger partial charge is 0.313 e. The molecular weight excluding hydrogens is 1120 g/mol. The summed E-state index contributed by atoms with van der Waals surface area (Å²) in [5.41, 5.74) is 11.3. The summed E-state index contributed by atoms with van der Waals surface area (Å²) in [4.78, 5) is 49.6. The molecule has 85 heavy (non-hydrogen) atoms. The van der Waals surface area contributed by atoms with E-state index in [0.29, 0.717) is 148 Å². The minimum atomic E-state index is -1.80. The van der Waals surface area contributed by atoms with Gasteiger partial charge in [-0.2, -0.15) is 8.78 Å². The standard InChI is InChI=1S/C61H88F4N6O14/c1-4-15-71(16-5-2)61(74)50-40-48-10-11-49(41-54(48)68-55(66)42-50)60(73)67-51-12-17-70(18-13-51)45-47-8-6-46(7-9-47)44-69(3)19-21-76-23-25-78-27-29-80-31-33-82-35-37-84-39-38-83-36-34-81-32-30-79-28-26-77-24-22-75-20-14-56(72)85-59-57(64)52(62)43-53(63)58(59)65/h6-11,40-41,43,51H,4-5,12-39,42,44-45H2,1-3H3,(H2,66,68)(H,67,73). The highest BCUT2D eigenvalue weighted by Crippen LogP contribution is 2.30. The van der Waals surface area contributed by atoms with Crippen molar-refractivity contribution in [2.75, 3.05) is 172 Å². The predicted octanol–water partition coefficient (Wildman–Crippen LogP) is 6.66. The lowest BCUT2D eigenvalue weighted by Crippen LogP contribution is -2.44. The second-order valence-corrected chi connectivity index (χ2v) is 20.2. The maximum absolute atomic E-state index is 13.6. The lowest BCUT2D eigenvalue weighted by atomic mass is 10.0. The van der Waals surface area contributed by atoms with E-state index in [1.54, 1.807) is 12.1 Å². The van der Waals surface area contributed by atoms with Crippen LogP contribution in [0.15, 0.2) is 59.1 Å². The van der Waals surface area contributed by atoms with E-state index in [0.717, 1.165) is 64.0 Å². The molecule has 1 fully saturated rings. The van der Waals surface area contributed by atoms with Gasteiger partial charge in [0.25, 0.3) is 5.91 Å². The molecule has 24 heteroatoms. The zero-order valence-corrected chi connectivity index (χ0v) is 49.7. The van der Waals surface area contributed by atoms with Gasteiger partial charge >= 0.3 is 5.97 Å². The third-order valence-electron chi connectivity index (χ3n) is 13.3. The van der Waals surface area contributed by atoms with Crippen molar-refractivity contribution < 1.29 is 84.1 Å². The number of aliphatic imine (C=N–C) groups is 1. The highest BCUT2D eigenvalue weighted by molar-refractivity contribution is 6.06. The summed E-state index contributed by atoms with van der Waals surface area (Å²) in [6.45, 7) is 17.3. The van der Waals surface area contributed by atoms with Crippen LogP contribution < -0.4 is 15.8 Å². The zero-order valence-electron chi connectivity index (χ0n) is 49.7. The molecule has 0 radical (unpaired) electrons. The number of amides is 2. The monoisotopic (exact) mass is 1200 g/mol. The van der Waals surface area contributed by atoms with E-state index >= 15 is 0 Å². The molecule has 0 atom stereocenters.